The van der Waals surface area contributed by atoms with Crippen LogP contribution in [0.15, 0.2) is 51.1 Å². The van der Waals surface area contributed by atoms with Crippen molar-refractivity contribution in [3.63, 3.8) is 0 Å². The Bertz CT molecular complexity index is 2540. The van der Waals surface area contributed by atoms with Gasteiger partial charge in [0.2, 0.25) is 0 Å². The fraction of sp³-hybridized carbons (Fsp3) is 0.839. The Morgan fingerprint density at radius 2 is 0.282 bits per heavy atom. The van der Waals surface area contributed by atoms with Crippen LogP contribution in [-0.4, -0.2) is 70.7 Å². The normalized spacial score (nSPS) is 11.7. The van der Waals surface area contributed by atoms with Crippen LogP contribution in [0.5, 0.6) is 51.7 Å². The van der Waals surface area contributed by atoms with Crippen LogP contribution >= 0.6 is 10.3 Å². The number of rotatable bonds is 103. The van der Waals surface area contributed by atoms with Gasteiger partial charge in [0.25, 0.3) is 0 Å². The third kappa shape index (κ3) is 62.8. The minimum Gasteiger partial charge on any atom is -0.493 e. The lowest BCUT2D eigenvalue weighted by molar-refractivity contribution is 0.149. The van der Waals surface area contributed by atoms with Crippen LogP contribution in [0.3, 0.4) is 0 Å². The highest BCUT2D eigenvalue weighted by Gasteiger charge is 2.50. The second-order valence-corrected chi connectivity index (χ2v) is 41.7. The molecule has 764 valence electrons. The number of benzene rings is 3. The van der Waals surface area contributed by atoms with Crippen molar-refractivity contribution in [3.05, 3.63) is 36.4 Å². The fourth-order valence-corrected chi connectivity index (χ4v) is 21.8. The molecule has 13 heteroatoms. The van der Waals surface area contributed by atoms with Crippen molar-refractivity contribution in [2.75, 3.05) is 59.5 Å². The average molecular weight is 1860 g/mol. The number of carbonyl (C=O) groups is 1. The molecule has 0 aliphatic heterocycles. The molecule has 0 aliphatic carbocycles. The van der Waals surface area contributed by atoms with Gasteiger partial charge < -0.3 is 51.9 Å². The lowest BCUT2D eigenvalue weighted by atomic mass is 10.1. The topological polar surface area (TPSA) is 130 Å². The van der Waals surface area contributed by atoms with Crippen LogP contribution in [0.4, 0.5) is 4.79 Å². The predicted molar refractivity (Wildman–Crippen MR) is 565 cm³/mol. The highest BCUT2D eigenvalue weighted by molar-refractivity contribution is 8.30. The zero-order chi connectivity index (χ0) is 94.0. The molecule has 0 heterocycles. The first-order valence-corrected chi connectivity index (χ1v) is 59.2. The molecule has 0 aliphatic rings. The fourth-order valence-electron chi connectivity index (χ4n) is 18.3. The maximum atomic E-state index is 15.7. The van der Waals surface area contributed by atoms with Crippen LogP contribution in [0.1, 0.15) is 582 Å². The molecule has 131 heavy (non-hydrogen) atoms. The first-order chi connectivity index (χ1) is 64.7. The monoisotopic (exact) mass is 1860 g/mol. The summed E-state index contributed by atoms with van der Waals surface area (Å²) in [5, 5.41) is 12.8. The SMILES string of the molecule is CCCCCCCCCCCOc1cc(OCCCCCCCCCCC)c(S(OC(=O)O)(c2c(OCCCCCCCCCCC)cc(OCCCCCCCCCCC)cc2OCCCCCCCCCCC)c2c(OCCCCCCCCCCC)cc(OCCCCCCCCCCC)cc2OCCCCCCCCCCC)c(OCCCCCCCCCCC)c1. The van der Waals surface area contributed by atoms with Gasteiger partial charge in [-0.05, 0) is 57.8 Å². The van der Waals surface area contributed by atoms with E-state index in [1.54, 1.807) is 0 Å². The summed E-state index contributed by atoms with van der Waals surface area (Å²) < 4.78 is 75.2. The van der Waals surface area contributed by atoms with Gasteiger partial charge in [-0.2, -0.15) is 0 Å². The summed E-state index contributed by atoms with van der Waals surface area (Å²) in [6.07, 6.45) is 93.1. The number of unbranched alkanes of at least 4 members (excludes halogenated alkanes) is 72. The molecule has 0 saturated heterocycles. The van der Waals surface area contributed by atoms with E-state index in [1.807, 2.05) is 0 Å². The van der Waals surface area contributed by atoms with Gasteiger partial charge in [0.15, 0.2) is 0 Å². The van der Waals surface area contributed by atoms with Crippen LogP contribution in [0.2, 0.25) is 0 Å². The summed E-state index contributed by atoms with van der Waals surface area (Å²) in [6.45, 7) is 24.4. The molecule has 0 fully saturated rings. The molecule has 0 radical (unpaired) electrons. The largest absolute Gasteiger partial charge is 0.517 e. The van der Waals surface area contributed by atoms with Crippen molar-refractivity contribution in [3.8, 4) is 51.7 Å². The van der Waals surface area contributed by atoms with Crippen molar-refractivity contribution in [2.24, 2.45) is 0 Å². The molecule has 3 aromatic rings. The molecule has 0 saturated carbocycles. The Hall–Kier alpha value is -4.52. The molecule has 0 atom stereocenters. The summed E-state index contributed by atoms with van der Waals surface area (Å²) in [5.74, 6) is 4.57. The van der Waals surface area contributed by atoms with Crippen molar-refractivity contribution < 1.29 is 56.7 Å². The van der Waals surface area contributed by atoms with E-state index in [0.717, 1.165) is 154 Å². The highest BCUT2D eigenvalue weighted by atomic mass is 32.3. The van der Waals surface area contributed by atoms with Crippen LogP contribution in [0.25, 0.3) is 0 Å². The zero-order valence-electron chi connectivity index (χ0n) is 87.9. The molecule has 0 amide bonds. The second-order valence-electron chi connectivity index (χ2n) is 39.2. The van der Waals surface area contributed by atoms with E-state index < -0.39 is 16.5 Å². The number of hydrogen-bond acceptors (Lipinski definition) is 11. The van der Waals surface area contributed by atoms with Crippen molar-refractivity contribution in [1.82, 2.24) is 0 Å². The Balaban J connectivity index is 2.87. The van der Waals surface area contributed by atoms with E-state index in [-0.39, 0.29) is 0 Å². The van der Waals surface area contributed by atoms with E-state index in [2.05, 4.69) is 98.7 Å². The summed E-state index contributed by atoms with van der Waals surface area (Å²) in [5.41, 5.74) is 0. The van der Waals surface area contributed by atoms with Crippen molar-refractivity contribution in [2.45, 2.75) is 597 Å². The predicted octanol–water partition coefficient (Wildman–Crippen LogP) is 40.8. The second kappa shape index (κ2) is 90.6. The first kappa shape index (κ1) is 121. The molecule has 12 nitrogen and oxygen atoms in total. The minimum atomic E-state index is -3.99. The molecule has 3 rings (SSSR count). The molecule has 0 aromatic heterocycles. The van der Waals surface area contributed by atoms with Gasteiger partial charge in [-0.1, -0.05) is 525 Å². The van der Waals surface area contributed by atoms with Crippen LogP contribution < -0.4 is 42.6 Å². The van der Waals surface area contributed by atoms with Crippen molar-refractivity contribution in [1.29, 1.82) is 0 Å². The number of carboxylic acid groups (broad SMARTS) is 1. The lowest BCUT2D eigenvalue weighted by Gasteiger charge is -2.43. The Labute approximate surface area is 812 Å². The number of hydrogen-bond donors (Lipinski definition) is 1. The quantitative estimate of drug-likeness (QED) is 0.0540. The third-order valence-corrected chi connectivity index (χ3v) is 29.9. The van der Waals surface area contributed by atoms with E-state index in [9.17, 15) is 5.11 Å². The average Bonchev–Trinajstić information content (AvgIpc) is 0.704. The van der Waals surface area contributed by atoms with E-state index in [1.165, 1.54) is 366 Å². The van der Waals surface area contributed by atoms with Crippen molar-refractivity contribution >= 4 is 16.5 Å². The Kier molecular flexibility index (Phi) is 83.5. The highest BCUT2D eigenvalue weighted by Crippen LogP contribution is 2.81. The Morgan fingerprint density at radius 3 is 0.397 bits per heavy atom. The smallest absolute Gasteiger partial charge is 0.493 e. The summed E-state index contributed by atoms with van der Waals surface area (Å²) >= 11 is 0. The summed E-state index contributed by atoms with van der Waals surface area (Å²) in [6, 6.07) is 12.3. The Morgan fingerprint density at radius 1 is 0.176 bits per heavy atom. The van der Waals surface area contributed by atoms with Gasteiger partial charge in [-0.25, -0.2) is 4.79 Å². The summed E-state index contributed by atoms with van der Waals surface area (Å²) in [7, 11) is -3.99. The first-order valence-electron chi connectivity index (χ1n) is 57.7. The van der Waals surface area contributed by atoms with Crippen LogP contribution in [-0.2, 0) is 4.18 Å². The zero-order valence-corrected chi connectivity index (χ0v) is 88.8. The standard InChI is InChI=1S/C118H214O12S/c1-10-19-28-37-46-55-64-73-82-91-121-106-100-109(124-94-85-76-67-58-49-40-31-22-13-4)115(110(101-106)125-95-86-77-68-59-50-41-32-23-14-5)131(130-118(119)120,116-111(126-96-87-78-69-60-51-42-33-24-15-6)102-107(122-92-83-74-65-56-47-38-29-20-11-2)103-112(116)127-97-88-79-70-61-52-43-34-25-16-7)117-113(128-98-89-80-71-62-53-44-35-26-17-8)104-108(123-93-84-75-66-57-48-39-30-21-12-3)105-114(117)129-99-90-81-72-63-54-45-36-27-18-9/h100-105H,10-99H2,1-9H3,(H,119,120). The van der Waals surface area contributed by atoms with E-state index >= 15 is 4.79 Å². The minimum absolute atomic E-state index is 0.371. The lowest BCUT2D eigenvalue weighted by Crippen LogP contribution is -2.20. The van der Waals surface area contributed by atoms with Gasteiger partial charge in [0.05, 0.1) is 59.5 Å². The number of ether oxygens (including phenoxy) is 9. The van der Waals surface area contributed by atoms with E-state index in [0.29, 0.717) is 126 Å². The van der Waals surface area contributed by atoms with Crippen LogP contribution in [0, 0.1) is 0 Å². The van der Waals surface area contributed by atoms with Gasteiger partial charge in [-0.3, -0.25) is 0 Å². The van der Waals surface area contributed by atoms with Gasteiger partial charge in [-0.15, -0.1) is 0 Å². The molecular weight excluding hydrogens is 1640 g/mol. The van der Waals surface area contributed by atoms with E-state index in [4.69, 9.17) is 46.8 Å². The molecule has 0 bridgehead atoms. The maximum Gasteiger partial charge on any atom is 0.517 e. The van der Waals surface area contributed by atoms with Gasteiger partial charge in [0, 0.05) is 46.7 Å². The molecular formula is C118H214O12S. The molecule has 0 unspecified atom stereocenters. The molecule has 0 spiro atoms. The summed E-state index contributed by atoms with van der Waals surface area (Å²) in [4.78, 5) is 17.1. The molecule has 1 N–H and O–H groups in total. The third-order valence-electron chi connectivity index (χ3n) is 26.6. The maximum absolute atomic E-state index is 15.7. The van der Waals surface area contributed by atoms with Gasteiger partial charge in [0.1, 0.15) is 66.4 Å². The van der Waals surface area contributed by atoms with Gasteiger partial charge >= 0.3 is 6.16 Å². The molecule has 3 aromatic carbocycles.